The first-order valence-corrected chi connectivity index (χ1v) is 13.9. The zero-order valence-electron chi connectivity index (χ0n) is 24.7. The van der Waals surface area contributed by atoms with Gasteiger partial charge in [0.1, 0.15) is 11.6 Å². The second-order valence-corrected chi connectivity index (χ2v) is 9.81. The van der Waals surface area contributed by atoms with Crippen molar-refractivity contribution in [3.05, 3.63) is 106 Å². The predicted octanol–water partition coefficient (Wildman–Crippen LogP) is 5.02. The molecule has 238 valence electrons. The third-order valence-electron chi connectivity index (χ3n) is 6.82. The van der Waals surface area contributed by atoms with E-state index in [1.807, 2.05) is 0 Å². The molecule has 3 aromatic carbocycles. The number of nitrogens with zero attached hydrogens (tertiary/aromatic N) is 3. The molecular formula is C32H28F2N4O8. The first kappa shape index (κ1) is 31.7. The lowest BCUT2D eigenvalue weighted by atomic mass is 10.2. The molecule has 0 saturated carbocycles. The number of rotatable bonds is 11. The second-order valence-electron chi connectivity index (χ2n) is 9.81. The van der Waals surface area contributed by atoms with E-state index in [0.29, 0.717) is 35.2 Å². The number of methoxy groups -OCH3 is 2. The number of ether oxygens (including phenoxy) is 4. The van der Waals surface area contributed by atoms with Crippen molar-refractivity contribution in [2.45, 2.75) is 19.4 Å². The maximum Gasteiger partial charge on any atom is 0.417 e. The van der Waals surface area contributed by atoms with Crippen LogP contribution in [0.2, 0.25) is 0 Å². The van der Waals surface area contributed by atoms with Gasteiger partial charge in [0.25, 0.3) is 0 Å². The zero-order chi connectivity index (χ0) is 32.8. The van der Waals surface area contributed by atoms with Crippen LogP contribution in [-0.4, -0.2) is 46.1 Å². The molecule has 0 spiro atoms. The van der Waals surface area contributed by atoms with Gasteiger partial charge in [-0.15, -0.1) is 0 Å². The highest BCUT2D eigenvalue weighted by atomic mass is 19.1. The SMILES string of the molecule is COc1cc2nccc(Oc3ccc(NC(=O)Oc4cn(CCCCO)c(=O)n(-c5ccc(F)cc5)c4=O)cc3F)c2cc1OC. The number of carbonyl (C=O) groups excluding carboxylic acids is 1. The minimum atomic E-state index is -1.14. The molecule has 0 saturated heterocycles. The number of hydrogen-bond donors (Lipinski definition) is 2. The van der Waals surface area contributed by atoms with E-state index >= 15 is 4.39 Å². The van der Waals surface area contributed by atoms with Crippen molar-refractivity contribution in [1.29, 1.82) is 0 Å². The Balaban J connectivity index is 1.37. The molecule has 2 heterocycles. The van der Waals surface area contributed by atoms with E-state index < -0.39 is 34.7 Å². The molecule has 1 amide bonds. The summed E-state index contributed by atoms with van der Waals surface area (Å²) in [5.41, 5.74) is -1.17. The Labute approximate surface area is 260 Å². The number of halogens is 2. The fourth-order valence-electron chi connectivity index (χ4n) is 4.58. The van der Waals surface area contributed by atoms with Crippen LogP contribution in [0.5, 0.6) is 28.7 Å². The van der Waals surface area contributed by atoms with Gasteiger partial charge in [0.2, 0.25) is 5.75 Å². The summed E-state index contributed by atoms with van der Waals surface area (Å²) >= 11 is 0. The van der Waals surface area contributed by atoms with E-state index in [2.05, 4.69) is 10.3 Å². The fourth-order valence-corrected chi connectivity index (χ4v) is 4.58. The van der Waals surface area contributed by atoms with Gasteiger partial charge >= 0.3 is 17.3 Å². The Hall–Kier alpha value is -5.76. The Morgan fingerprint density at radius 3 is 2.33 bits per heavy atom. The number of benzene rings is 3. The van der Waals surface area contributed by atoms with Crippen molar-refractivity contribution in [2.24, 2.45) is 0 Å². The van der Waals surface area contributed by atoms with Gasteiger partial charge in [0.05, 0.1) is 31.6 Å². The topological polar surface area (TPSA) is 143 Å². The average molecular weight is 635 g/mol. The third-order valence-corrected chi connectivity index (χ3v) is 6.82. The Bertz CT molecular complexity index is 2010. The Kier molecular flexibility index (Phi) is 9.57. The van der Waals surface area contributed by atoms with Crippen LogP contribution >= 0.6 is 0 Å². The molecule has 0 radical (unpaired) electrons. The number of pyridine rings is 1. The van der Waals surface area contributed by atoms with Crippen LogP contribution in [0.25, 0.3) is 16.6 Å². The van der Waals surface area contributed by atoms with Crippen molar-refractivity contribution < 1.29 is 37.6 Å². The van der Waals surface area contributed by atoms with Gasteiger partial charge in [-0.1, -0.05) is 0 Å². The van der Waals surface area contributed by atoms with Crippen LogP contribution in [0, 0.1) is 11.6 Å². The van der Waals surface area contributed by atoms with Gasteiger partial charge in [-0.3, -0.25) is 19.7 Å². The minimum absolute atomic E-state index is 0.0176. The Morgan fingerprint density at radius 1 is 0.891 bits per heavy atom. The van der Waals surface area contributed by atoms with Gasteiger partial charge in [-0.05, 0) is 61.4 Å². The van der Waals surface area contributed by atoms with Gasteiger partial charge in [-0.25, -0.2) is 22.9 Å². The van der Waals surface area contributed by atoms with Crippen LogP contribution in [0.15, 0.2) is 82.6 Å². The number of anilines is 1. The van der Waals surface area contributed by atoms with Crippen LogP contribution in [0.3, 0.4) is 0 Å². The smallest absolute Gasteiger partial charge is 0.417 e. The first-order valence-electron chi connectivity index (χ1n) is 13.9. The number of nitrogens with one attached hydrogen (secondary N) is 1. The monoisotopic (exact) mass is 634 g/mol. The molecule has 0 unspecified atom stereocenters. The highest BCUT2D eigenvalue weighted by Gasteiger charge is 2.19. The summed E-state index contributed by atoms with van der Waals surface area (Å²) in [6.07, 6.45) is 2.19. The van der Waals surface area contributed by atoms with Gasteiger partial charge < -0.3 is 24.1 Å². The largest absolute Gasteiger partial charge is 0.493 e. The lowest BCUT2D eigenvalue weighted by Gasteiger charge is -2.14. The number of aliphatic hydroxyl groups excluding tert-OH is 1. The van der Waals surface area contributed by atoms with Crippen molar-refractivity contribution >= 4 is 22.7 Å². The van der Waals surface area contributed by atoms with Crippen molar-refractivity contribution in [2.75, 3.05) is 26.1 Å². The molecule has 0 aliphatic heterocycles. The van der Waals surface area contributed by atoms with Gasteiger partial charge in [-0.2, -0.15) is 0 Å². The summed E-state index contributed by atoms with van der Waals surface area (Å²) in [6, 6.07) is 13.1. The standard InChI is InChI=1S/C32H28F2N4O8/c1-43-27-16-22-24(17-28(27)44-2)35-12-11-25(22)45-26-10-7-20(15-23(26)34)36-31(41)46-29-18-37(13-3-4-14-39)32(42)38(30(29)40)21-8-5-19(33)6-9-21/h5-12,15-18,39H,3-4,13-14H2,1-2H3,(H,36,41). The molecular weight excluding hydrogens is 606 g/mol. The summed E-state index contributed by atoms with van der Waals surface area (Å²) < 4.78 is 52.2. The predicted molar refractivity (Wildman–Crippen MR) is 164 cm³/mol. The summed E-state index contributed by atoms with van der Waals surface area (Å²) in [5.74, 6) is -0.887. The van der Waals surface area contributed by atoms with Crippen molar-refractivity contribution in [3.63, 3.8) is 0 Å². The number of carbonyl (C=O) groups is 1. The molecule has 46 heavy (non-hydrogen) atoms. The van der Waals surface area contributed by atoms with Gasteiger partial charge in [0, 0.05) is 42.6 Å². The second kappa shape index (κ2) is 13.9. The molecule has 2 N–H and O–H groups in total. The van der Waals surface area contributed by atoms with Crippen LogP contribution < -0.4 is 35.5 Å². The number of aliphatic hydroxyl groups is 1. The molecule has 0 atom stereocenters. The number of aromatic nitrogens is 3. The molecule has 2 aromatic heterocycles. The normalized spacial score (nSPS) is 10.9. The highest BCUT2D eigenvalue weighted by Crippen LogP contribution is 2.37. The summed E-state index contributed by atoms with van der Waals surface area (Å²) in [7, 11) is 2.97. The quantitative estimate of drug-likeness (QED) is 0.192. The number of hydrogen-bond acceptors (Lipinski definition) is 9. The molecule has 14 heteroatoms. The molecule has 0 fully saturated rings. The van der Waals surface area contributed by atoms with Crippen LogP contribution in [0.1, 0.15) is 12.8 Å². The highest BCUT2D eigenvalue weighted by molar-refractivity contribution is 5.88. The lowest BCUT2D eigenvalue weighted by molar-refractivity contribution is 0.213. The molecule has 5 rings (SSSR count). The van der Waals surface area contributed by atoms with Crippen LogP contribution in [-0.2, 0) is 6.54 Å². The van der Waals surface area contributed by atoms with E-state index in [1.54, 1.807) is 18.2 Å². The van der Waals surface area contributed by atoms with E-state index in [0.717, 1.165) is 33.5 Å². The molecule has 0 bridgehead atoms. The summed E-state index contributed by atoms with van der Waals surface area (Å²) in [4.78, 5) is 43.4. The minimum Gasteiger partial charge on any atom is -0.493 e. The lowest BCUT2D eigenvalue weighted by Crippen LogP contribution is -2.39. The van der Waals surface area contributed by atoms with Crippen molar-refractivity contribution in [1.82, 2.24) is 14.1 Å². The van der Waals surface area contributed by atoms with Crippen LogP contribution in [0.4, 0.5) is 19.3 Å². The summed E-state index contributed by atoms with van der Waals surface area (Å²) in [6.45, 7) is -0.0137. The molecule has 0 aliphatic rings. The first-order chi connectivity index (χ1) is 22.2. The van der Waals surface area contributed by atoms with Crippen molar-refractivity contribution in [3.8, 4) is 34.4 Å². The van der Waals surface area contributed by atoms with E-state index in [4.69, 9.17) is 24.1 Å². The summed E-state index contributed by atoms with van der Waals surface area (Å²) in [5, 5.41) is 12.0. The number of aryl methyl sites for hydroxylation is 1. The van der Waals surface area contributed by atoms with E-state index in [9.17, 15) is 18.8 Å². The molecule has 5 aromatic rings. The van der Waals surface area contributed by atoms with Gasteiger partial charge in [0.15, 0.2) is 23.1 Å². The number of unbranched alkanes of at least 4 members (excludes halogenated alkanes) is 1. The maximum atomic E-state index is 15.1. The average Bonchev–Trinajstić information content (AvgIpc) is 3.04. The fraction of sp³-hybridized carbons (Fsp3) is 0.188. The van der Waals surface area contributed by atoms with E-state index in [-0.39, 0.29) is 36.0 Å². The molecule has 12 nitrogen and oxygen atoms in total. The zero-order valence-corrected chi connectivity index (χ0v) is 24.7. The number of fused-ring (bicyclic) bond motifs is 1. The Morgan fingerprint density at radius 2 is 1.63 bits per heavy atom. The number of amides is 1. The molecule has 0 aliphatic carbocycles. The maximum absolute atomic E-state index is 15.1. The van der Waals surface area contributed by atoms with E-state index in [1.165, 1.54) is 44.7 Å². The third kappa shape index (κ3) is 6.81.